The molecule has 3 nitrogen and oxygen atoms in total. The lowest BCUT2D eigenvalue weighted by atomic mass is 9.84. The zero-order valence-electron chi connectivity index (χ0n) is 10.9. The summed E-state index contributed by atoms with van der Waals surface area (Å²) < 4.78 is 0. The Kier molecular flexibility index (Phi) is 4.78. The largest absolute Gasteiger partial charge is 0.348 e. The number of hydrogen-bond donors (Lipinski definition) is 2. The number of amides is 1. The molecule has 100 valence electrons. The Morgan fingerprint density at radius 1 is 1.50 bits per heavy atom. The van der Waals surface area contributed by atoms with Gasteiger partial charge in [-0.15, -0.1) is 11.3 Å². The summed E-state index contributed by atoms with van der Waals surface area (Å²) in [6.45, 7) is 2.76. The highest BCUT2D eigenvalue weighted by atomic mass is 32.1. The molecule has 2 rings (SSSR count). The number of nitrogens with one attached hydrogen (secondary N) is 1. The molecule has 0 aromatic carbocycles. The summed E-state index contributed by atoms with van der Waals surface area (Å²) in [4.78, 5) is 13.1. The van der Waals surface area contributed by atoms with Crippen LogP contribution in [0, 0.1) is 5.92 Å². The number of rotatable bonds is 4. The Morgan fingerprint density at radius 2 is 2.28 bits per heavy atom. The first-order chi connectivity index (χ1) is 8.76. The van der Waals surface area contributed by atoms with Crippen LogP contribution in [0.4, 0.5) is 0 Å². The van der Waals surface area contributed by atoms with Crippen molar-refractivity contribution in [2.24, 2.45) is 11.7 Å². The first-order valence-corrected chi connectivity index (χ1v) is 7.71. The normalized spacial score (nSPS) is 23.9. The fraction of sp³-hybridized carbons (Fsp3) is 0.643. The molecule has 0 spiro atoms. The summed E-state index contributed by atoms with van der Waals surface area (Å²) >= 11 is 1.54. The van der Waals surface area contributed by atoms with Gasteiger partial charge in [0.05, 0.1) is 4.88 Å². The van der Waals surface area contributed by atoms with Crippen molar-refractivity contribution in [1.82, 2.24) is 5.32 Å². The van der Waals surface area contributed by atoms with E-state index in [9.17, 15) is 4.79 Å². The van der Waals surface area contributed by atoms with Crippen LogP contribution in [0.2, 0.25) is 0 Å². The Labute approximate surface area is 113 Å². The van der Waals surface area contributed by atoms with E-state index in [1.54, 1.807) is 0 Å². The summed E-state index contributed by atoms with van der Waals surface area (Å²) in [7, 11) is 0. The minimum atomic E-state index is 0.0900. The van der Waals surface area contributed by atoms with E-state index in [0.717, 1.165) is 29.7 Å². The maximum Gasteiger partial charge on any atom is 0.261 e. The van der Waals surface area contributed by atoms with E-state index in [1.165, 1.54) is 24.2 Å². The molecule has 2 atom stereocenters. The molecule has 3 N–H and O–H groups in total. The lowest BCUT2D eigenvalue weighted by molar-refractivity contribution is 0.0911. The van der Waals surface area contributed by atoms with Crippen LogP contribution in [0.3, 0.4) is 0 Å². The van der Waals surface area contributed by atoms with E-state index < -0.39 is 0 Å². The number of aryl methyl sites for hydroxylation is 1. The van der Waals surface area contributed by atoms with Gasteiger partial charge < -0.3 is 11.1 Å². The van der Waals surface area contributed by atoms with Crippen LogP contribution in [-0.2, 0) is 6.42 Å². The minimum absolute atomic E-state index is 0.0900. The highest BCUT2D eigenvalue weighted by Crippen LogP contribution is 2.25. The van der Waals surface area contributed by atoms with Gasteiger partial charge in [-0.3, -0.25) is 4.79 Å². The highest BCUT2D eigenvalue weighted by Gasteiger charge is 2.26. The van der Waals surface area contributed by atoms with E-state index in [0.29, 0.717) is 12.5 Å². The average molecular weight is 266 g/mol. The van der Waals surface area contributed by atoms with Gasteiger partial charge in [0.25, 0.3) is 5.91 Å². The number of hydrogen-bond acceptors (Lipinski definition) is 3. The van der Waals surface area contributed by atoms with Crippen LogP contribution in [0.1, 0.15) is 47.8 Å². The van der Waals surface area contributed by atoms with Crippen LogP contribution in [-0.4, -0.2) is 18.5 Å². The molecule has 0 saturated heterocycles. The average Bonchev–Trinajstić information content (AvgIpc) is 2.87. The number of thiophene rings is 1. The molecule has 1 fully saturated rings. The second-order valence-corrected chi connectivity index (χ2v) is 5.90. The molecule has 4 heteroatoms. The van der Waals surface area contributed by atoms with Crippen LogP contribution in [0.15, 0.2) is 11.4 Å². The molecule has 1 amide bonds. The van der Waals surface area contributed by atoms with Gasteiger partial charge in [-0.2, -0.15) is 0 Å². The van der Waals surface area contributed by atoms with Crippen LogP contribution < -0.4 is 11.1 Å². The number of carbonyl (C=O) groups excluding carboxylic acids is 1. The Morgan fingerprint density at radius 3 is 3.00 bits per heavy atom. The summed E-state index contributed by atoms with van der Waals surface area (Å²) in [6.07, 6.45) is 5.57. The van der Waals surface area contributed by atoms with Crippen molar-refractivity contribution < 1.29 is 4.79 Å². The predicted molar refractivity (Wildman–Crippen MR) is 76.0 cm³/mol. The maximum absolute atomic E-state index is 12.3. The molecule has 1 aromatic heterocycles. The quantitative estimate of drug-likeness (QED) is 0.880. The first kappa shape index (κ1) is 13.6. The Bertz CT molecular complexity index is 402. The van der Waals surface area contributed by atoms with E-state index in [4.69, 9.17) is 5.73 Å². The SMILES string of the molecule is CCc1ccsc1C(=O)NC1CCCCC1CN. The Hall–Kier alpha value is -0.870. The molecule has 18 heavy (non-hydrogen) atoms. The van der Waals surface area contributed by atoms with Gasteiger partial charge in [0.15, 0.2) is 0 Å². The molecule has 0 bridgehead atoms. The first-order valence-electron chi connectivity index (χ1n) is 6.83. The molecule has 2 unspecified atom stereocenters. The zero-order valence-corrected chi connectivity index (χ0v) is 11.8. The smallest absolute Gasteiger partial charge is 0.261 e. The second kappa shape index (κ2) is 6.34. The molecule has 0 radical (unpaired) electrons. The van der Waals surface area contributed by atoms with Gasteiger partial charge in [-0.25, -0.2) is 0 Å². The van der Waals surface area contributed by atoms with E-state index >= 15 is 0 Å². The molecule has 1 aromatic rings. The molecular weight excluding hydrogens is 244 g/mol. The minimum Gasteiger partial charge on any atom is -0.348 e. The molecule has 1 aliphatic carbocycles. The lowest BCUT2D eigenvalue weighted by Crippen LogP contribution is -2.44. The lowest BCUT2D eigenvalue weighted by Gasteiger charge is -2.31. The predicted octanol–water partition coefficient (Wildman–Crippen LogP) is 2.56. The summed E-state index contributed by atoms with van der Waals surface area (Å²) in [5.74, 6) is 0.542. The topological polar surface area (TPSA) is 55.1 Å². The van der Waals surface area contributed by atoms with Crippen LogP contribution >= 0.6 is 11.3 Å². The third kappa shape index (κ3) is 2.93. The van der Waals surface area contributed by atoms with Crippen molar-refractivity contribution in [3.05, 3.63) is 21.9 Å². The van der Waals surface area contributed by atoms with Crippen LogP contribution in [0.5, 0.6) is 0 Å². The van der Waals surface area contributed by atoms with Crippen molar-refractivity contribution in [1.29, 1.82) is 0 Å². The van der Waals surface area contributed by atoms with Crippen molar-refractivity contribution in [3.8, 4) is 0 Å². The standard InChI is InChI=1S/C14H22N2OS/c1-2-10-7-8-18-13(10)14(17)16-12-6-4-3-5-11(12)9-15/h7-8,11-12H,2-6,9,15H2,1H3,(H,16,17). The highest BCUT2D eigenvalue weighted by molar-refractivity contribution is 7.12. The van der Waals surface area contributed by atoms with Gasteiger partial charge in [-0.1, -0.05) is 19.8 Å². The second-order valence-electron chi connectivity index (χ2n) is 4.99. The van der Waals surface area contributed by atoms with Crippen LogP contribution in [0.25, 0.3) is 0 Å². The molecular formula is C14H22N2OS. The van der Waals surface area contributed by atoms with E-state index in [-0.39, 0.29) is 11.9 Å². The summed E-state index contributed by atoms with van der Waals surface area (Å²) in [5.41, 5.74) is 6.95. The van der Waals surface area contributed by atoms with Gasteiger partial charge in [0, 0.05) is 6.04 Å². The van der Waals surface area contributed by atoms with E-state index in [1.807, 2.05) is 11.4 Å². The van der Waals surface area contributed by atoms with Gasteiger partial charge >= 0.3 is 0 Å². The fourth-order valence-corrected chi connectivity index (χ4v) is 3.63. The zero-order chi connectivity index (χ0) is 13.0. The fourth-order valence-electron chi connectivity index (χ4n) is 2.73. The third-order valence-electron chi connectivity index (χ3n) is 3.86. The third-order valence-corrected chi connectivity index (χ3v) is 4.82. The van der Waals surface area contributed by atoms with Crippen molar-refractivity contribution >= 4 is 17.2 Å². The molecule has 1 aliphatic rings. The number of nitrogens with two attached hydrogens (primary N) is 1. The molecule has 1 saturated carbocycles. The van der Waals surface area contributed by atoms with Crippen molar-refractivity contribution in [3.63, 3.8) is 0 Å². The van der Waals surface area contributed by atoms with E-state index in [2.05, 4.69) is 12.2 Å². The van der Waals surface area contributed by atoms with Crippen molar-refractivity contribution in [2.45, 2.75) is 45.1 Å². The van der Waals surface area contributed by atoms with Crippen molar-refractivity contribution in [2.75, 3.05) is 6.54 Å². The Balaban J connectivity index is 2.02. The van der Waals surface area contributed by atoms with Gasteiger partial charge in [-0.05, 0) is 48.7 Å². The maximum atomic E-state index is 12.3. The number of carbonyl (C=O) groups is 1. The monoisotopic (exact) mass is 266 g/mol. The molecule has 0 aliphatic heterocycles. The molecule has 1 heterocycles. The van der Waals surface area contributed by atoms with Gasteiger partial charge in [0.1, 0.15) is 0 Å². The summed E-state index contributed by atoms with van der Waals surface area (Å²) in [6, 6.07) is 2.31. The summed E-state index contributed by atoms with van der Waals surface area (Å²) in [5, 5.41) is 5.18. The van der Waals surface area contributed by atoms with Gasteiger partial charge in [0.2, 0.25) is 0 Å².